The molecule has 1 aromatic rings. The minimum atomic E-state index is -1.80. The number of nitrogens with one attached hydrogen (secondary N) is 8. The number of primary amides is 2. The molecule has 27 nitrogen and oxygen atoms in total. The monoisotopic (exact) mass is 1080 g/mol. The van der Waals surface area contributed by atoms with Crippen molar-refractivity contribution in [2.45, 2.75) is 173 Å². The number of carbonyl (C=O) groups is 12. The van der Waals surface area contributed by atoms with Gasteiger partial charge in [0.2, 0.25) is 59.1 Å². The van der Waals surface area contributed by atoms with Crippen LogP contribution in [0.2, 0.25) is 0 Å². The molecule has 76 heavy (non-hydrogen) atoms. The van der Waals surface area contributed by atoms with Crippen molar-refractivity contribution in [1.82, 2.24) is 42.5 Å². The number of hydrogen-bond acceptors (Lipinski definition) is 15. The molecule has 0 aliphatic heterocycles. The van der Waals surface area contributed by atoms with Crippen molar-refractivity contribution in [3.8, 4) is 5.75 Å². The Balaban J connectivity index is 3.44. The molecule has 0 bridgehead atoms. The number of phenolic OH excluding ortho intramolecular Hbond substituents is 1. The normalized spacial score (nSPS) is 15.1. The highest BCUT2D eigenvalue weighted by Crippen LogP contribution is 2.14. The molecule has 27 heteroatoms. The predicted octanol–water partition coefficient (Wildman–Crippen LogP) is -2.87. The Morgan fingerprint density at radius 2 is 1.01 bits per heavy atom. The lowest BCUT2D eigenvalue weighted by Crippen LogP contribution is -2.61. The standard InChI is InChI=1S/C49H80N12O15/c1-8-26(6)40(49(75)76)61-41(67)27(7)54-43(69)31(11-9-10-20-50)57-48(74)39(25(4)5)60-45(71)32(16-18-36(52)63)55-44(70)33(17-19-38(65)66)56-47(73)35(23-37(53)64)59-46(72)34(21-24(2)3)58-42(68)30(51)22-28-12-14-29(62)15-13-28/h12-15,24-27,30-35,39-40,62H,8-11,16-23,50-51H2,1-7H3,(H2,52,63)(H2,53,64)(H,54,69)(H,55,70)(H,56,73)(H,57,74)(H,58,68)(H,59,72)(H,60,71)(H,61,67)(H,65,66)(H,75,76). The third-order valence-electron chi connectivity index (χ3n) is 12.1. The number of unbranched alkanes of at least 4 members (excludes halogenated alkanes) is 1. The van der Waals surface area contributed by atoms with E-state index in [9.17, 15) is 72.9 Å². The van der Waals surface area contributed by atoms with Crippen molar-refractivity contribution >= 4 is 71.0 Å². The fraction of sp³-hybridized carbons (Fsp3) is 0.633. The SMILES string of the molecule is CCC(C)C(NC(=O)C(C)NC(=O)C(CCCCN)NC(=O)C(NC(=O)C(CCC(N)=O)NC(=O)C(CCC(=O)O)NC(=O)C(CC(N)=O)NC(=O)C(CC(C)C)NC(=O)C(N)Cc1ccc(O)cc1)C(C)C)C(=O)O. The second-order valence-electron chi connectivity index (χ2n) is 19.5. The lowest BCUT2D eigenvalue weighted by atomic mass is 9.99. The van der Waals surface area contributed by atoms with Crippen LogP contribution in [0.15, 0.2) is 24.3 Å². The largest absolute Gasteiger partial charge is 0.508 e. The third kappa shape index (κ3) is 24.7. The maximum Gasteiger partial charge on any atom is 0.326 e. The summed E-state index contributed by atoms with van der Waals surface area (Å²) in [6.45, 7) is 11.5. The first-order chi connectivity index (χ1) is 35.5. The first kappa shape index (κ1) is 66.6. The van der Waals surface area contributed by atoms with Gasteiger partial charge in [-0.15, -0.1) is 0 Å². The number of amides is 10. The summed E-state index contributed by atoms with van der Waals surface area (Å²) in [7, 11) is 0. The highest BCUT2D eigenvalue weighted by atomic mass is 16.4. The van der Waals surface area contributed by atoms with Gasteiger partial charge in [-0.1, -0.05) is 60.1 Å². The summed E-state index contributed by atoms with van der Waals surface area (Å²) in [6.07, 6.45) is -1.94. The molecule has 0 saturated carbocycles. The fourth-order valence-corrected chi connectivity index (χ4v) is 7.43. The third-order valence-corrected chi connectivity index (χ3v) is 12.1. The summed E-state index contributed by atoms with van der Waals surface area (Å²) >= 11 is 0. The van der Waals surface area contributed by atoms with E-state index in [1.54, 1.807) is 53.7 Å². The predicted molar refractivity (Wildman–Crippen MR) is 274 cm³/mol. The molecular weight excluding hydrogens is 997 g/mol. The van der Waals surface area contributed by atoms with Gasteiger partial charge in [0.1, 0.15) is 54.1 Å². The molecule has 19 N–H and O–H groups in total. The fourth-order valence-electron chi connectivity index (χ4n) is 7.43. The molecule has 0 spiro atoms. The number of aliphatic carboxylic acids is 2. The Bertz CT molecular complexity index is 2180. The molecular formula is C49H80N12O15. The number of nitrogens with two attached hydrogens (primary N) is 4. The first-order valence-electron chi connectivity index (χ1n) is 25.2. The van der Waals surface area contributed by atoms with Crippen molar-refractivity contribution < 1.29 is 72.9 Å². The Hall–Kier alpha value is -7.42. The maximum absolute atomic E-state index is 14.0. The van der Waals surface area contributed by atoms with Gasteiger partial charge < -0.3 is 80.8 Å². The highest BCUT2D eigenvalue weighted by molar-refractivity contribution is 5.99. The Kier molecular flexibility index (Phi) is 29.3. The smallest absolute Gasteiger partial charge is 0.326 e. The number of carboxylic acid groups (broad SMARTS) is 2. The van der Waals surface area contributed by atoms with Gasteiger partial charge in [-0.05, 0) is 93.9 Å². The quantitative estimate of drug-likeness (QED) is 0.0300. The zero-order valence-electron chi connectivity index (χ0n) is 44.3. The van der Waals surface area contributed by atoms with Crippen molar-refractivity contribution in [1.29, 1.82) is 0 Å². The summed E-state index contributed by atoms with van der Waals surface area (Å²) in [5, 5.41) is 48.3. The second kappa shape index (κ2) is 33.5. The minimum Gasteiger partial charge on any atom is -0.508 e. The van der Waals surface area contributed by atoms with E-state index in [0.717, 1.165) is 0 Å². The lowest BCUT2D eigenvalue weighted by Gasteiger charge is -2.29. The van der Waals surface area contributed by atoms with Gasteiger partial charge in [-0.2, -0.15) is 0 Å². The van der Waals surface area contributed by atoms with Gasteiger partial charge in [-0.3, -0.25) is 52.7 Å². The molecule has 10 atom stereocenters. The second-order valence-corrected chi connectivity index (χ2v) is 19.5. The van der Waals surface area contributed by atoms with Crippen LogP contribution >= 0.6 is 0 Å². The molecule has 1 aromatic carbocycles. The van der Waals surface area contributed by atoms with E-state index in [2.05, 4.69) is 42.5 Å². The average molecular weight is 1080 g/mol. The van der Waals surface area contributed by atoms with Crippen LogP contribution in [0.3, 0.4) is 0 Å². The number of aromatic hydroxyl groups is 1. The van der Waals surface area contributed by atoms with Gasteiger partial charge in [0.05, 0.1) is 12.5 Å². The molecule has 10 unspecified atom stereocenters. The summed E-state index contributed by atoms with van der Waals surface area (Å²) < 4.78 is 0. The topological polar surface area (TPSA) is 466 Å². The molecule has 0 fully saturated rings. The first-order valence-corrected chi connectivity index (χ1v) is 25.2. The van der Waals surface area contributed by atoms with Crippen LogP contribution in [0.4, 0.5) is 0 Å². The van der Waals surface area contributed by atoms with Crippen molar-refractivity contribution in [2.24, 2.45) is 40.7 Å². The molecule has 426 valence electrons. The molecule has 10 amide bonds. The van der Waals surface area contributed by atoms with Gasteiger partial charge in [0.25, 0.3) is 0 Å². The Labute approximate surface area is 441 Å². The van der Waals surface area contributed by atoms with E-state index in [0.29, 0.717) is 24.8 Å². The van der Waals surface area contributed by atoms with E-state index in [1.807, 2.05) is 0 Å². The van der Waals surface area contributed by atoms with Crippen LogP contribution in [0.1, 0.15) is 118 Å². The van der Waals surface area contributed by atoms with Crippen molar-refractivity contribution in [2.75, 3.05) is 6.54 Å². The van der Waals surface area contributed by atoms with E-state index in [1.165, 1.54) is 19.1 Å². The number of phenols is 1. The van der Waals surface area contributed by atoms with E-state index in [4.69, 9.17) is 22.9 Å². The molecule has 0 aliphatic carbocycles. The summed E-state index contributed by atoms with van der Waals surface area (Å²) in [5.41, 5.74) is 23.2. The van der Waals surface area contributed by atoms with Crippen molar-refractivity contribution in [3.05, 3.63) is 29.8 Å². The van der Waals surface area contributed by atoms with Gasteiger partial charge in [0.15, 0.2) is 0 Å². The zero-order chi connectivity index (χ0) is 58.0. The van der Waals surface area contributed by atoms with Gasteiger partial charge in [0, 0.05) is 12.8 Å². The lowest BCUT2D eigenvalue weighted by molar-refractivity contribution is -0.143. The Morgan fingerprint density at radius 3 is 1.51 bits per heavy atom. The van der Waals surface area contributed by atoms with Crippen LogP contribution in [-0.4, -0.2) is 147 Å². The van der Waals surface area contributed by atoms with Crippen LogP contribution in [0.5, 0.6) is 5.75 Å². The van der Waals surface area contributed by atoms with E-state index in [-0.39, 0.29) is 37.5 Å². The number of rotatable bonds is 36. The maximum atomic E-state index is 14.0. The highest BCUT2D eigenvalue weighted by Gasteiger charge is 2.36. The van der Waals surface area contributed by atoms with Gasteiger partial charge in [-0.25, -0.2) is 4.79 Å². The molecule has 1 rings (SSSR count). The van der Waals surface area contributed by atoms with Crippen LogP contribution in [0, 0.1) is 17.8 Å². The molecule has 0 aliphatic rings. The average Bonchev–Trinajstić information content (AvgIpc) is 3.33. The number of carbonyl (C=O) groups excluding carboxylic acids is 10. The van der Waals surface area contributed by atoms with E-state index < -0.39 is 169 Å². The molecule has 0 aromatic heterocycles. The molecule has 0 saturated heterocycles. The summed E-state index contributed by atoms with van der Waals surface area (Å²) in [4.78, 5) is 157. The number of carboxylic acids is 2. The van der Waals surface area contributed by atoms with Crippen LogP contribution in [-0.2, 0) is 64.0 Å². The number of hydrogen-bond donors (Lipinski definition) is 15. The summed E-state index contributed by atoms with van der Waals surface area (Å²) in [6, 6.07) is -7.09. The molecule has 0 radical (unpaired) electrons. The molecule has 0 heterocycles. The van der Waals surface area contributed by atoms with Crippen LogP contribution in [0.25, 0.3) is 0 Å². The van der Waals surface area contributed by atoms with Crippen molar-refractivity contribution in [3.63, 3.8) is 0 Å². The minimum absolute atomic E-state index is 0.00783. The zero-order valence-corrected chi connectivity index (χ0v) is 44.3. The summed E-state index contributed by atoms with van der Waals surface area (Å²) in [5.74, 6) is -13.7. The van der Waals surface area contributed by atoms with Gasteiger partial charge >= 0.3 is 11.9 Å². The number of benzene rings is 1. The van der Waals surface area contributed by atoms with E-state index >= 15 is 0 Å². The Morgan fingerprint density at radius 1 is 0.539 bits per heavy atom. The van der Waals surface area contributed by atoms with Crippen LogP contribution < -0.4 is 65.5 Å².